The number of hydrogen-bond donors (Lipinski definition) is 3. The molecular weight excluding hydrogens is 516 g/mol. The van der Waals surface area contributed by atoms with E-state index in [2.05, 4.69) is 39.2 Å². The van der Waals surface area contributed by atoms with Crippen LogP contribution in [-0.2, 0) is 23.0 Å². The highest BCUT2D eigenvalue weighted by Gasteiger charge is 2.29. The van der Waals surface area contributed by atoms with Crippen LogP contribution in [0.3, 0.4) is 0 Å². The third-order valence-electron chi connectivity index (χ3n) is 6.73. The van der Waals surface area contributed by atoms with Crippen molar-refractivity contribution in [1.82, 2.24) is 30.4 Å². The van der Waals surface area contributed by atoms with Crippen LogP contribution in [0, 0.1) is 0 Å². The highest BCUT2D eigenvalue weighted by atomic mass is 35.5. The molecule has 3 heterocycles. The van der Waals surface area contributed by atoms with Gasteiger partial charge in [-0.25, -0.2) is 9.78 Å². The van der Waals surface area contributed by atoms with Crippen molar-refractivity contribution in [3.05, 3.63) is 82.6 Å². The number of ether oxygens (including phenoxy) is 1. The van der Waals surface area contributed by atoms with Gasteiger partial charge in [0.15, 0.2) is 0 Å². The van der Waals surface area contributed by atoms with E-state index >= 15 is 0 Å². The van der Waals surface area contributed by atoms with Crippen LogP contribution in [0.25, 0.3) is 5.57 Å². The van der Waals surface area contributed by atoms with E-state index in [1.165, 1.54) is 18.1 Å². The van der Waals surface area contributed by atoms with Crippen LogP contribution in [0.5, 0.6) is 0 Å². The number of benzene rings is 1. The molecule has 2 unspecified atom stereocenters. The summed E-state index contributed by atoms with van der Waals surface area (Å²) in [4.78, 5) is 29.3. The Kier molecular flexibility index (Phi) is 9.48. The Morgan fingerprint density at radius 3 is 2.67 bits per heavy atom. The summed E-state index contributed by atoms with van der Waals surface area (Å²) in [5.74, 6) is -0.0953. The first kappa shape index (κ1) is 28.4. The van der Waals surface area contributed by atoms with Gasteiger partial charge in [0.25, 0.3) is 0 Å². The molecule has 0 saturated carbocycles. The van der Waals surface area contributed by atoms with Crippen molar-refractivity contribution in [2.75, 3.05) is 26.2 Å². The number of hydrogen-bond acceptors (Lipinski definition) is 6. The second-order valence-corrected chi connectivity index (χ2v) is 10.5. The molecular formula is C29H37ClN6O3. The monoisotopic (exact) mass is 552 g/mol. The van der Waals surface area contributed by atoms with E-state index in [0.29, 0.717) is 5.02 Å². The van der Waals surface area contributed by atoms with Crippen LogP contribution in [-0.4, -0.2) is 64.8 Å². The molecule has 0 bridgehead atoms. The molecule has 2 aromatic rings. The van der Waals surface area contributed by atoms with Crippen LogP contribution >= 0.6 is 11.6 Å². The van der Waals surface area contributed by atoms with Gasteiger partial charge in [-0.15, -0.1) is 0 Å². The number of carbonyl (C=O) groups excluding carboxylic acids is 2. The molecule has 2 atom stereocenters. The number of fused-ring (bicyclic) bond motifs is 2. The van der Waals surface area contributed by atoms with Gasteiger partial charge in [-0.05, 0) is 67.0 Å². The molecule has 2 aliphatic heterocycles. The molecule has 39 heavy (non-hydrogen) atoms. The fourth-order valence-corrected chi connectivity index (χ4v) is 5.04. The van der Waals surface area contributed by atoms with Crippen molar-refractivity contribution in [2.24, 2.45) is 7.05 Å². The van der Waals surface area contributed by atoms with Gasteiger partial charge in [-0.2, -0.15) is 0 Å². The molecule has 1 aliphatic carbocycles. The van der Waals surface area contributed by atoms with Crippen LogP contribution in [0.2, 0.25) is 5.02 Å². The number of carbonyl (C=O) groups is 2. The van der Waals surface area contributed by atoms with E-state index in [1.54, 1.807) is 17.4 Å². The summed E-state index contributed by atoms with van der Waals surface area (Å²) in [6.07, 6.45) is 12.4. The summed E-state index contributed by atoms with van der Waals surface area (Å²) < 4.78 is 6.98. The first-order valence-electron chi connectivity index (χ1n) is 13.3. The Morgan fingerprint density at radius 1 is 1.23 bits per heavy atom. The van der Waals surface area contributed by atoms with Crippen molar-refractivity contribution in [1.29, 1.82) is 0 Å². The maximum atomic E-state index is 12.0. The molecule has 1 aromatic heterocycles. The number of nitrogens with one attached hydrogen (secondary N) is 3. The summed E-state index contributed by atoms with van der Waals surface area (Å²) in [5.41, 5.74) is 5.36. The minimum absolute atomic E-state index is 0.0209. The average Bonchev–Trinajstić information content (AvgIpc) is 3.26. The Morgan fingerprint density at radius 2 is 2.00 bits per heavy atom. The Labute approximate surface area is 234 Å². The van der Waals surface area contributed by atoms with Gasteiger partial charge >= 0.3 is 6.09 Å². The molecule has 2 amide bonds. The molecule has 0 spiro atoms. The SMILES string of the molecule is CC(=O)NC(C1=CC2=CC=CNC2Cc2ccc(Cl)cc21)c1cncn1C.CC(C)OC(=O)N1CCNCC1. The maximum Gasteiger partial charge on any atom is 0.410 e. The topological polar surface area (TPSA) is 101 Å². The number of rotatable bonds is 4. The molecule has 0 radical (unpaired) electrons. The van der Waals surface area contributed by atoms with Gasteiger partial charge in [-0.3, -0.25) is 4.79 Å². The van der Waals surface area contributed by atoms with Crippen molar-refractivity contribution in [3.8, 4) is 0 Å². The highest BCUT2D eigenvalue weighted by Crippen LogP contribution is 2.38. The number of dihydropyridines is 1. The normalized spacial score (nSPS) is 18.7. The van der Waals surface area contributed by atoms with Crippen LogP contribution in [0.1, 0.15) is 43.6 Å². The second-order valence-electron chi connectivity index (χ2n) is 10.1. The van der Waals surface area contributed by atoms with Crippen molar-refractivity contribution in [3.63, 3.8) is 0 Å². The number of aromatic nitrogens is 2. The smallest absolute Gasteiger partial charge is 0.410 e. The van der Waals surface area contributed by atoms with Crippen molar-refractivity contribution >= 4 is 29.2 Å². The Bertz CT molecular complexity index is 1280. The molecule has 1 fully saturated rings. The van der Waals surface area contributed by atoms with Gasteiger partial charge in [0, 0.05) is 45.2 Å². The lowest BCUT2D eigenvalue weighted by atomic mass is 9.92. The number of aryl methyl sites for hydroxylation is 1. The molecule has 5 rings (SSSR count). The van der Waals surface area contributed by atoms with E-state index in [4.69, 9.17) is 16.3 Å². The number of imidazole rings is 1. The quantitative estimate of drug-likeness (QED) is 0.534. The largest absolute Gasteiger partial charge is 0.447 e. The van der Waals surface area contributed by atoms with Gasteiger partial charge < -0.3 is 30.2 Å². The Hall–Kier alpha value is -3.56. The first-order chi connectivity index (χ1) is 18.7. The van der Waals surface area contributed by atoms with Crippen molar-refractivity contribution < 1.29 is 14.3 Å². The molecule has 1 aromatic carbocycles. The predicted molar refractivity (Wildman–Crippen MR) is 153 cm³/mol. The average molecular weight is 553 g/mol. The number of allylic oxidation sites excluding steroid dienone is 2. The van der Waals surface area contributed by atoms with Gasteiger partial charge in [0.2, 0.25) is 5.91 Å². The minimum atomic E-state index is -0.322. The first-order valence-corrected chi connectivity index (χ1v) is 13.6. The summed E-state index contributed by atoms with van der Waals surface area (Å²) in [5, 5.41) is 10.4. The lowest BCUT2D eigenvalue weighted by molar-refractivity contribution is -0.119. The summed E-state index contributed by atoms with van der Waals surface area (Å²) >= 11 is 6.34. The molecule has 3 aliphatic rings. The van der Waals surface area contributed by atoms with Crippen LogP contribution in [0.4, 0.5) is 4.79 Å². The zero-order valence-corrected chi connectivity index (χ0v) is 23.7. The van der Waals surface area contributed by atoms with Crippen LogP contribution < -0.4 is 16.0 Å². The van der Waals surface area contributed by atoms with Crippen molar-refractivity contribution in [2.45, 2.75) is 45.4 Å². The predicted octanol–water partition coefficient (Wildman–Crippen LogP) is 3.74. The minimum Gasteiger partial charge on any atom is -0.447 e. The zero-order valence-electron chi connectivity index (χ0n) is 22.9. The molecule has 1 saturated heterocycles. The third-order valence-corrected chi connectivity index (χ3v) is 6.97. The Balaban J connectivity index is 0.000000247. The second kappa shape index (κ2) is 13.0. The van der Waals surface area contributed by atoms with E-state index in [0.717, 1.165) is 49.4 Å². The standard InChI is InChI=1S/C21H21ClN4O.C8H16N2O2/c1-13(27)25-21(20-11-23-12-26(20)2)18-8-15-4-3-7-24-19(15)9-14-5-6-16(22)10-17(14)18;1-7(2)12-8(11)10-5-3-9-4-6-10/h3-8,10-12,19,21,24H,9H2,1-2H3,(H,25,27);7,9H,3-6H2,1-2H3. The van der Waals surface area contributed by atoms with Crippen LogP contribution in [0.15, 0.2) is 60.7 Å². The molecule has 9 nitrogen and oxygen atoms in total. The number of piperazine rings is 1. The van der Waals surface area contributed by atoms with E-state index in [-0.39, 0.29) is 30.2 Å². The lowest BCUT2D eigenvalue weighted by Crippen LogP contribution is -2.47. The fourth-order valence-electron chi connectivity index (χ4n) is 4.86. The number of nitrogens with zero attached hydrogens (tertiary/aromatic N) is 3. The summed E-state index contributed by atoms with van der Waals surface area (Å²) in [6, 6.07) is 5.85. The number of halogens is 1. The summed E-state index contributed by atoms with van der Waals surface area (Å²) in [6.45, 7) is 8.50. The maximum absolute atomic E-state index is 12.0. The molecule has 10 heteroatoms. The zero-order chi connectivity index (χ0) is 27.9. The van der Waals surface area contributed by atoms with Gasteiger partial charge in [0.05, 0.1) is 36.4 Å². The molecule has 208 valence electrons. The summed E-state index contributed by atoms with van der Waals surface area (Å²) in [7, 11) is 1.93. The van der Waals surface area contributed by atoms with E-state index in [1.807, 2.05) is 49.9 Å². The van der Waals surface area contributed by atoms with E-state index < -0.39 is 0 Å². The number of amides is 2. The van der Waals surface area contributed by atoms with Gasteiger partial charge in [0.1, 0.15) is 0 Å². The lowest BCUT2D eigenvalue weighted by Gasteiger charge is -2.27. The molecule has 3 N–H and O–H groups in total. The van der Waals surface area contributed by atoms with E-state index in [9.17, 15) is 9.59 Å². The fraction of sp³-hybridized carbons (Fsp3) is 0.414. The highest BCUT2D eigenvalue weighted by molar-refractivity contribution is 6.30. The third kappa shape index (κ3) is 7.30. The van der Waals surface area contributed by atoms with Gasteiger partial charge in [-0.1, -0.05) is 29.8 Å².